The fourth-order valence-electron chi connectivity index (χ4n) is 2.04. The molecule has 2 rings (SSSR count). The Morgan fingerprint density at radius 1 is 1.17 bits per heavy atom. The Morgan fingerprint density at radius 2 is 1.86 bits per heavy atom. The van der Waals surface area contributed by atoms with Crippen LogP contribution in [0.15, 0.2) is 47.8 Å². The van der Waals surface area contributed by atoms with E-state index in [1.807, 2.05) is 0 Å². The number of oxime groups is 1. The summed E-state index contributed by atoms with van der Waals surface area (Å²) in [5, 5.41) is 4.82. The van der Waals surface area contributed by atoms with Crippen molar-refractivity contribution in [1.82, 2.24) is 10.0 Å². The molecular formula is C19H20F3N3O4. The molecule has 7 nitrogen and oxygen atoms in total. The van der Waals surface area contributed by atoms with Crippen LogP contribution in [0.1, 0.15) is 16.7 Å². The molecule has 1 aromatic heterocycles. The molecule has 0 atom stereocenters. The van der Waals surface area contributed by atoms with Crippen LogP contribution in [-0.4, -0.2) is 42.9 Å². The van der Waals surface area contributed by atoms with Crippen LogP contribution < -0.4 is 4.74 Å². The molecule has 10 heteroatoms. The highest BCUT2D eigenvalue weighted by molar-refractivity contribution is 5.76. The van der Waals surface area contributed by atoms with Gasteiger partial charge in [0.1, 0.15) is 6.61 Å². The van der Waals surface area contributed by atoms with Crippen LogP contribution in [0.4, 0.5) is 13.2 Å². The summed E-state index contributed by atoms with van der Waals surface area (Å²) in [6.45, 7) is -0.139. The zero-order valence-electron chi connectivity index (χ0n) is 15.8. The molecule has 29 heavy (non-hydrogen) atoms. The van der Waals surface area contributed by atoms with Crippen molar-refractivity contribution in [3.05, 3.63) is 59.3 Å². The summed E-state index contributed by atoms with van der Waals surface area (Å²) in [4.78, 5) is 25.4. The average Bonchev–Trinajstić information content (AvgIpc) is 2.71. The molecule has 1 aromatic carbocycles. The maximum atomic E-state index is 12.5. The highest BCUT2D eigenvalue weighted by atomic mass is 19.4. The number of carbonyl (C=O) groups excluding carboxylic acids is 1. The first kappa shape index (κ1) is 22.2. The van der Waals surface area contributed by atoms with E-state index < -0.39 is 11.7 Å². The van der Waals surface area contributed by atoms with E-state index in [1.54, 1.807) is 18.3 Å². The number of benzene rings is 1. The number of amides is 1. The predicted octanol–water partition coefficient (Wildman–Crippen LogP) is 3.24. The normalized spacial score (nSPS) is 11.5. The van der Waals surface area contributed by atoms with Gasteiger partial charge in [-0.25, -0.2) is 10.0 Å². The van der Waals surface area contributed by atoms with Crippen molar-refractivity contribution in [1.29, 1.82) is 0 Å². The predicted molar refractivity (Wildman–Crippen MR) is 97.9 cm³/mol. The van der Waals surface area contributed by atoms with Crippen LogP contribution in [0.3, 0.4) is 0 Å². The summed E-state index contributed by atoms with van der Waals surface area (Å²) in [5.74, 6) is -0.0576. The molecule has 0 unspecified atom stereocenters. The second-order valence-electron chi connectivity index (χ2n) is 5.83. The van der Waals surface area contributed by atoms with Gasteiger partial charge in [-0.15, -0.1) is 0 Å². The monoisotopic (exact) mass is 411 g/mol. The first-order valence-corrected chi connectivity index (χ1v) is 8.48. The van der Waals surface area contributed by atoms with E-state index >= 15 is 0 Å². The quantitative estimate of drug-likeness (QED) is 0.468. The molecule has 0 saturated carbocycles. The van der Waals surface area contributed by atoms with Gasteiger partial charge in [-0.1, -0.05) is 23.4 Å². The molecule has 0 aliphatic heterocycles. The third kappa shape index (κ3) is 7.41. The smallest absolute Gasteiger partial charge is 0.416 e. The topological polar surface area (TPSA) is 73.2 Å². The summed E-state index contributed by atoms with van der Waals surface area (Å²) < 4.78 is 42.7. The van der Waals surface area contributed by atoms with Crippen LogP contribution in [0.5, 0.6) is 5.88 Å². The van der Waals surface area contributed by atoms with E-state index in [1.165, 1.54) is 32.5 Å². The number of alkyl halides is 3. The van der Waals surface area contributed by atoms with Gasteiger partial charge >= 0.3 is 6.18 Å². The Kier molecular flexibility index (Phi) is 7.96. The summed E-state index contributed by atoms with van der Waals surface area (Å²) in [6, 6.07) is 8.06. The van der Waals surface area contributed by atoms with Gasteiger partial charge in [0.25, 0.3) is 5.91 Å². The minimum atomic E-state index is -4.36. The van der Waals surface area contributed by atoms with E-state index in [9.17, 15) is 18.0 Å². The van der Waals surface area contributed by atoms with Gasteiger partial charge in [-0.05, 0) is 23.3 Å². The number of nitrogens with zero attached hydrogens (tertiary/aromatic N) is 3. The summed E-state index contributed by atoms with van der Waals surface area (Å²) in [6.07, 6.45) is -0.839. The SMILES string of the molecule is CON(C)C(=O)COc1ccc(CC=NOCc2ccc(C(F)(F)F)cc2)cn1. The molecule has 0 fully saturated rings. The second kappa shape index (κ2) is 10.4. The molecule has 156 valence electrons. The number of rotatable bonds is 9. The van der Waals surface area contributed by atoms with E-state index in [4.69, 9.17) is 14.4 Å². The third-order valence-electron chi connectivity index (χ3n) is 3.75. The van der Waals surface area contributed by atoms with Crippen molar-refractivity contribution in [2.24, 2.45) is 5.16 Å². The fourth-order valence-corrected chi connectivity index (χ4v) is 2.04. The van der Waals surface area contributed by atoms with Gasteiger partial charge in [-0.2, -0.15) is 13.2 Å². The molecule has 0 aliphatic carbocycles. The van der Waals surface area contributed by atoms with Gasteiger partial charge in [0.05, 0.1) is 12.7 Å². The number of ether oxygens (including phenoxy) is 1. The number of carbonyl (C=O) groups is 1. The standard InChI is InChI=1S/C19H20F3N3O4/c1-25(27-2)18(26)13-28-17-8-5-14(11-23-17)9-10-24-29-12-15-3-6-16(7-4-15)19(20,21)22/h3-8,10-11H,9,12-13H2,1-2H3. The number of aromatic nitrogens is 1. The second-order valence-corrected chi connectivity index (χ2v) is 5.83. The number of hydroxylamine groups is 2. The molecule has 1 amide bonds. The van der Waals surface area contributed by atoms with Crippen molar-refractivity contribution in [2.45, 2.75) is 19.2 Å². The minimum Gasteiger partial charge on any atom is -0.467 e. The van der Waals surface area contributed by atoms with Crippen LogP contribution in [0.2, 0.25) is 0 Å². The van der Waals surface area contributed by atoms with Crippen molar-refractivity contribution < 1.29 is 32.4 Å². The minimum absolute atomic E-state index is 0.0591. The van der Waals surface area contributed by atoms with Gasteiger partial charge < -0.3 is 9.57 Å². The summed E-state index contributed by atoms with van der Waals surface area (Å²) >= 11 is 0. The number of halogens is 3. The van der Waals surface area contributed by atoms with E-state index in [0.717, 1.165) is 22.8 Å². The van der Waals surface area contributed by atoms with Crippen LogP contribution in [-0.2, 0) is 33.7 Å². The Morgan fingerprint density at radius 3 is 2.45 bits per heavy atom. The lowest BCUT2D eigenvalue weighted by Crippen LogP contribution is -2.30. The highest BCUT2D eigenvalue weighted by Gasteiger charge is 2.29. The van der Waals surface area contributed by atoms with E-state index in [2.05, 4.69) is 10.1 Å². The molecule has 0 aliphatic rings. The van der Waals surface area contributed by atoms with E-state index in [-0.39, 0.29) is 19.1 Å². The fraction of sp³-hybridized carbons (Fsp3) is 0.316. The molecule has 0 saturated heterocycles. The van der Waals surface area contributed by atoms with Gasteiger partial charge in [0.15, 0.2) is 6.61 Å². The molecular weight excluding hydrogens is 391 g/mol. The molecule has 0 bridgehead atoms. The van der Waals surface area contributed by atoms with Crippen molar-refractivity contribution in [3.8, 4) is 5.88 Å². The zero-order chi connectivity index (χ0) is 21.3. The summed E-state index contributed by atoms with van der Waals surface area (Å²) in [5.41, 5.74) is 0.700. The lowest BCUT2D eigenvalue weighted by Gasteiger charge is -2.13. The first-order valence-electron chi connectivity index (χ1n) is 8.48. The molecule has 0 N–H and O–H groups in total. The lowest BCUT2D eigenvalue weighted by molar-refractivity contribution is -0.170. The highest BCUT2D eigenvalue weighted by Crippen LogP contribution is 2.29. The average molecular weight is 411 g/mol. The van der Waals surface area contributed by atoms with Gasteiger partial charge in [-0.3, -0.25) is 9.63 Å². The molecule has 0 spiro atoms. The van der Waals surface area contributed by atoms with Crippen molar-refractivity contribution in [3.63, 3.8) is 0 Å². The number of likely N-dealkylation sites (N-methyl/N-ethyl adjacent to an activating group) is 1. The van der Waals surface area contributed by atoms with Gasteiger partial charge in [0.2, 0.25) is 5.88 Å². The zero-order valence-corrected chi connectivity index (χ0v) is 15.8. The molecule has 0 radical (unpaired) electrons. The largest absolute Gasteiger partial charge is 0.467 e. The molecule has 1 heterocycles. The third-order valence-corrected chi connectivity index (χ3v) is 3.75. The first-order chi connectivity index (χ1) is 13.8. The van der Waals surface area contributed by atoms with Crippen LogP contribution in [0, 0.1) is 0 Å². The Hall–Kier alpha value is -3.14. The number of pyridine rings is 1. The summed E-state index contributed by atoms with van der Waals surface area (Å²) in [7, 11) is 2.85. The lowest BCUT2D eigenvalue weighted by atomic mass is 10.1. The van der Waals surface area contributed by atoms with Gasteiger partial charge in [0, 0.05) is 31.9 Å². The Bertz CT molecular complexity index is 809. The number of hydrogen-bond donors (Lipinski definition) is 0. The number of hydrogen-bond acceptors (Lipinski definition) is 6. The van der Waals surface area contributed by atoms with E-state index in [0.29, 0.717) is 17.9 Å². The Balaban J connectivity index is 1.73. The van der Waals surface area contributed by atoms with Crippen molar-refractivity contribution >= 4 is 12.1 Å². The van der Waals surface area contributed by atoms with Crippen LogP contribution in [0.25, 0.3) is 0 Å². The van der Waals surface area contributed by atoms with Crippen molar-refractivity contribution in [2.75, 3.05) is 20.8 Å². The van der Waals surface area contributed by atoms with Crippen LogP contribution >= 0.6 is 0 Å². The maximum Gasteiger partial charge on any atom is 0.416 e. The Labute approximate surface area is 165 Å². The molecule has 2 aromatic rings. The maximum absolute atomic E-state index is 12.5.